The minimum absolute atomic E-state index is 0.663. The first-order valence-corrected chi connectivity index (χ1v) is 6.49. The summed E-state index contributed by atoms with van der Waals surface area (Å²) in [6.07, 6.45) is 1.84. The number of pyridine rings is 1. The molecule has 0 fully saturated rings. The molecule has 1 aromatic carbocycles. The van der Waals surface area contributed by atoms with Crippen LogP contribution in [0.5, 0.6) is 0 Å². The summed E-state index contributed by atoms with van der Waals surface area (Å²) >= 11 is 14.4. The Kier molecular flexibility index (Phi) is 3.72. The van der Waals surface area contributed by atoms with Crippen molar-refractivity contribution < 1.29 is 0 Å². The van der Waals surface area contributed by atoms with Gasteiger partial charge in [-0.2, -0.15) is 0 Å². The molecule has 0 N–H and O–H groups in total. The van der Waals surface area contributed by atoms with Crippen molar-refractivity contribution in [2.45, 2.75) is 6.92 Å². The average Bonchev–Trinajstić information content (AvgIpc) is 2.26. The van der Waals surface area contributed by atoms with Gasteiger partial charge in [0.2, 0.25) is 0 Å². The molecule has 0 aliphatic rings. The fourth-order valence-corrected chi connectivity index (χ4v) is 2.16. The highest BCUT2D eigenvalue weighted by Crippen LogP contribution is 2.30. The Morgan fingerprint density at radius 2 is 1.94 bits per heavy atom. The maximum Gasteiger partial charge on any atom is 0.0728 e. The number of hydrogen-bond acceptors (Lipinski definition) is 1. The monoisotopic (exact) mass is 363 g/mol. The topological polar surface area (TPSA) is 12.9 Å². The van der Waals surface area contributed by atoms with Crippen molar-refractivity contribution in [3.05, 3.63) is 49.6 Å². The van der Waals surface area contributed by atoms with Crippen LogP contribution < -0.4 is 0 Å². The maximum absolute atomic E-state index is 6.12. The first-order valence-electron chi connectivity index (χ1n) is 4.65. The van der Waals surface area contributed by atoms with Gasteiger partial charge in [-0.25, -0.2) is 0 Å². The first kappa shape index (κ1) is 12.1. The minimum Gasteiger partial charge on any atom is -0.256 e. The highest BCUT2D eigenvalue weighted by atomic mass is 127. The lowest BCUT2D eigenvalue weighted by molar-refractivity contribution is 1.25. The van der Waals surface area contributed by atoms with Crippen LogP contribution in [0.15, 0.2) is 30.5 Å². The molecule has 0 saturated heterocycles. The van der Waals surface area contributed by atoms with E-state index in [9.17, 15) is 0 Å². The molecular formula is C12H8Cl2IN. The Morgan fingerprint density at radius 3 is 2.62 bits per heavy atom. The standard InChI is InChI=1S/C12H8Cl2IN/c1-7-6-16-12(5-11(7)15)9-4-8(13)2-3-10(9)14/h2-6H,1H3. The van der Waals surface area contributed by atoms with Gasteiger partial charge in [0.05, 0.1) is 10.7 Å². The molecule has 0 radical (unpaired) electrons. The van der Waals surface area contributed by atoms with Crippen LogP contribution in [-0.2, 0) is 0 Å². The van der Waals surface area contributed by atoms with E-state index in [2.05, 4.69) is 27.6 Å². The molecule has 2 aromatic rings. The Morgan fingerprint density at radius 1 is 1.19 bits per heavy atom. The second-order valence-electron chi connectivity index (χ2n) is 3.44. The normalized spacial score (nSPS) is 10.5. The fraction of sp³-hybridized carbons (Fsp3) is 0.0833. The molecular weight excluding hydrogens is 356 g/mol. The lowest BCUT2D eigenvalue weighted by Crippen LogP contribution is -1.89. The summed E-state index contributed by atoms with van der Waals surface area (Å²) in [4.78, 5) is 4.36. The zero-order chi connectivity index (χ0) is 11.7. The van der Waals surface area contributed by atoms with Crippen molar-refractivity contribution in [2.24, 2.45) is 0 Å². The molecule has 16 heavy (non-hydrogen) atoms. The van der Waals surface area contributed by atoms with E-state index < -0.39 is 0 Å². The zero-order valence-electron chi connectivity index (χ0n) is 8.47. The van der Waals surface area contributed by atoms with Crippen molar-refractivity contribution in [1.82, 2.24) is 4.98 Å². The molecule has 1 heterocycles. The predicted octanol–water partition coefficient (Wildman–Crippen LogP) is 4.97. The molecule has 0 aliphatic carbocycles. The quantitative estimate of drug-likeness (QED) is 0.652. The number of aryl methyl sites for hydroxylation is 1. The molecule has 0 spiro atoms. The smallest absolute Gasteiger partial charge is 0.0728 e. The summed E-state index contributed by atoms with van der Waals surface area (Å²) in [5.41, 5.74) is 2.87. The van der Waals surface area contributed by atoms with Crippen LogP contribution >= 0.6 is 45.8 Å². The molecule has 0 amide bonds. The molecule has 0 bridgehead atoms. The van der Waals surface area contributed by atoms with Crippen LogP contribution in [0.2, 0.25) is 10.0 Å². The van der Waals surface area contributed by atoms with Crippen molar-refractivity contribution in [1.29, 1.82) is 0 Å². The summed E-state index contributed by atoms with van der Waals surface area (Å²) in [6, 6.07) is 7.39. The Labute approximate surface area is 118 Å². The third-order valence-electron chi connectivity index (χ3n) is 2.24. The van der Waals surface area contributed by atoms with E-state index in [0.717, 1.165) is 16.8 Å². The van der Waals surface area contributed by atoms with E-state index in [1.54, 1.807) is 12.1 Å². The fourth-order valence-electron chi connectivity index (χ4n) is 1.34. The number of rotatable bonds is 1. The average molecular weight is 364 g/mol. The van der Waals surface area contributed by atoms with Crippen molar-refractivity contribution in [2.75, 3.05) is 0 Å². The largest absolute Gasteiger partial charge is 0.256 e. The third kappa shape index (κ3) is 2.50. The van der Waals surface area contributed by atoms with Crippen molar-refractivity contribution in [3.63, 3.8) is 0 Å². The molecule has 0 atom stereocenters. The zero-order valence-corrected chi connectivity index (χ0v) is 12.1. The van der Waals surface area contributed by atoms with E-state index >= 15 is 0 Å². The Hall–Kier alpha value is -0.320. The van der Waals surface area contributed by atoms with Crippen LogP contribution in [0.3, 0.4) is 0 Å². The summed E-state index contributed by atoms with van der Waals surface area (Å²) in [5.74, 6) is 0. The summed E-state index contributed by atoms with van der Waals surface area (Å²) in [7, 11) is 0. The molecule has 82 valence electrons. The van der Waals surface area contributed by atoms with Gasteiger partial charge in [-0.3, -0.25) is 4.98 Å². The van der Waals surface area contributed by atoms with Crippen LogP contribution in [0.25, 0.3) is 11.3 Å². The van der Waals surface area contributed by atoms with Gasteiger partial charge in [-0.05, 0) is 59.3 Å². The van der Waals surface area contributed by atoms with E-state index in [1.807, 2.05) is 25.3 Å². The van der Waals surface area contributed by atoms with Crippen molar-refractivity contribution in [3.8, 4) is 11.3 Å². The molecule has 0 aliphatic heterocycles. The molecule has 1 nitrogen and oxygen atoms in total. The van der Waals surface area contributed by atoms with E-state index in [0.29, 0.717) is 10.0 Å². The van der Waals surface area contributed by atoms with Crippen LogP contribution in [-0.4, -0.2) is 4.98 Å². The van der Waals surface area contributed by atoms with Crippen LogP contribution in [0, 0.1) is 10.5 Å². The second kappa shape index (κ2) is 4.90. The van der Waals surface area contributed by atoms with Gasteiger partial charge >= 0.3 is 0 Å². The first-order chi connectivity index (χ1) is 7.58. The molecule has 1 aromatic heterocycles. The number of benzene rings is 1. The Bertz CT molecular complexity index is 541. The highest BCUT2D eigenvalue weighted by molar-refractivity contribution is 14.1. The lowest BCUT2D eigenvalue weighted by Gasteiger charge is -2.06. The SMILES string of the molecule is Cc1cnc(-c2cc(Cl)ccc2Cl)cc1I. The lowest BCUT2D eigenvalue weighted by atomic mass is 10.1. The second-order valence-corrected chi connectivity index (χ2v) is 5.45. The minimum atomic E-state index is 0.663. The van der Waals surface area contributed by atoms with Gasteiger partial charge in [0.1, 0.15) is 0 Å². The van der Waals surface area contributed by atoms with Gasteiger partial charge < -0.3 is 0 Å². The number of hydrogen-bond donors (Lipinski definition) is 0. The van der Waals surface area contributed by atoms with Gasteiger partial charge in [0, 0.05) is 20.4 Å². The molecule has 4 heteroatoms. The maximum atomic E-state index is 6.12. The van der Waals surface area contributed by atoms with E-state index in [-0.39, 0.29) is 0 Å². The summed E-state index contributed by atoms with van der Waals surface area (Å²) < 4.78 is 1.17. The molecule has 0 unspecified atom stereocenters. The third-order valence-corrected chi connectivity index (χ3v) is 3.97. The number of nitrogens with zero attached hydrogens (tertiary/aromatic N) is 1. The van der Waals surface area contributed by atoms with Gasteiger partial charge in [-0.15, -0.1) is 0 Å². The number of halogens is 3. The van der Waals surface area contributed by atoms with E-state index in [4.69, 9.17) is 23.2 Å². The number of aromatic nitrogens is 1. The van der Waals surface area contributed by atoms with Gasteiger partial charge in [-0.1, -0.05) is 23.2 Å². The van der Waals surface area contributed by atoms with Crippen molar-refractivity contribution >= 4 is 45.8 Å². The predicted molar refractivity (Wildman–Crippen MR) is 77.1 cm³/mol. The van der Waals surface area contributed by atoms with Gasteiger partial charge in [0.15, 0.2) is 0 Å². The summed E-state index contributed by atoms with van der Waals surface area (Å²) in [6.45, 7) is 2.03. The van der Waals surface area contributed by atoms with Crippen LogP contribution in [0.1, 0.15) is 5.56 Å². The van der Waals surface area contributed by atoms with Crippen LogP contribution in [0.4, 0.5) is 0 Å². The Balaban J connectivity index is 2.58. The highest BCUT2D eigenvalue weighted by Gasteiger charge is 2.07. The molecule has 2 rings (SSSR count). The summed E-state index contributed by atoms with van der Waals surface area (Å²) in [5, 5.41) is 1.33. The van der Waals surface area contributed by atoms with Gasteiger partial charge in [0.25, 0.3) is 0 Å². The molecule has 0 saturated carbocycles. The van der Waals surface area contributed by atoms with E-state index in [1.165, 1.54) is 3.57 Å².